The standard InChI is InChI=1S/C15H11Cl3N2O3/c16-10-3-1-4-11(17)9(10)7-14(22)23-8-13(21)20-12-5-2-6-19-15(12)18/h1-6H,7-8H2,(H,20,21). The number of pyridine rings is 1. The van der Waals surface area contributed by atoms with E-state index in [0.717, 1.165) is 0 Å². The summed E-state index contributed by atoms with van der Waals surface area (Å²) in [6.07, 6.45) is 1.37. The lowest BCUT2D eigenvalue weighted by Crippen LogP contribution is -2.22. The molecule has 0 saturated carbocycles. The van der Waals surface area contributed by atoms with Crippen molar-refractivity contribution in [2.24, 2.45) is 0 Å². The minimum absolute atomic E-state index is 0.126. The van der Waals surface area contributed by atoms with Gasteiger partial charge in [-0.15, -0.1) is 0 Å². The van der Waals surface area contributed by atoms with Crippen molar-refractivity contribution in [2.45, 2.75) is 6.42 Å². The van der Waals surface area contributed by atoms with Gasteiger partial charge in [0, 0.05) is 21.8 Å². The van der Waals surface area contributed by atoms with Crippen LogP contribution in [-0.4, -0.2) is 23.5 Å². The van der Waals surface area contributed by atoms with Crippen molar-refractivity contribution in [1.82, 2.24) is 4.98 Å². The molecule has 0 aliphatic carbocycles. The van der Waals surface area contributed by atoms with Crippen LogP contribution >= 0.6 is 34.8 Å². The highest BCUT2D eigenvalue weighted by atomic mass is 35.5. The normalized spacial score (nSPS) is 10.2. The van der Waals surface area contributed by atoms with Crippen molar-refractivity contribution in [3.05, 3.63) is 57.3 Å². The van der Waals surface area contributed by atoms with Gasteiger partial charge in [-0.05, 0) is 24.3 Å². The van der Waals surface area contributed by atoms with E-state index in [1.807, 2.05) is 0 Å². The Morgan fingerprint density at radius 2 is 1.78 bits per heavy atom. The summed E-state index contributed by atoms with van der Waals surface area (Å²) in [5, 5.41) is 3.36. The van der Waals surface area contributed by atoms with E-state index >= 15 is 0 Å². The van der Waals surface area contributed by atoms with Crippen LogP contribution in [0.15, 0.2) is 36.5 Å². The predicted octanol–water partition coefficient (Wildman–Crippen LogP) is 3.77. The summed E-state index contributed by atoms with van der Waals surface area (Å²) in [6, 6.07) is 8.11. The van der Waals surface area contributed by atoms with Gasteiger partial charge in [-0.25, -0.2) is 4.98 Å². The lowest BCUT2D eigenvalue weighted by molar-refractivity contribution is -0.146. The highest BCUT2D eigenvalue weighted by Crippen LogP contribution is 2.24. The molecule has 23 heavy (non-hydrogen) atoms. The van der Waals surface area contributed by atoms with Crippen LogP contribution in [0.1, 0.15) is 5.56 Å². The smallest absolute Gasteiger partial charge is 0.310 e. The van der Waals surface area contributed by atoms with Crippen LogP contribution in [-0.2, 0) is 20.7 Å². The Balaban J connectivity index is 1.87. The molecule has 0 radical (unpaired) electrons. The van der Waals surface area contributed by atoms with E-state index < -0.39 is 18.5 Å². The Morgan fingerprint density at radius 3 is 2.43 bits per heavy atom. The fourth-order valence-electron chi connectivity index (χ4n) is 1.71. The number of hydrogen-bond acceptors (Lipinski definition) is 4. The number of carbonyl (C=O) groups excluding carboxylic acids is 2. The molecule has 1 heterocycles. The molecule has 2 rings (SSSR count). The van der Waals surface area contributed by atoms with Gasteiger partial charge in [0.05, 0.1) is 12.1 Å². The van der Waals surface area contributed by atoms with Gasteiger partial charge in [0.1, 0.15) is 0 Å². The van der Waals surface area contributed by atoms with Crippen molar-refractivity contribution in [1.29, 1.82) is 0 Å². The fourth-order valence-corrected chi connectivity index (χ4v) is 2.41. The molecule has 0 saturated heterocycles. The van der Waals surface area contributed by atoms with Crippen molar-refractivity contribution >= 4 is 52.4 Å². The van der Waals surface area contributed by atoms with Crippen LogP contribution in [0.2, 0.25) is 15.2 Å². The number of nitrogens with one attached hydrogen (secondary N) is 1. The van der Waals surface area contributed by atoms with E-state index in [1.54, 1.807) is 30.3 Å². The van der Waals surface area contributed by atoms with Crippen LogP contribution < -0.4 is 5.32 Å². The Kier molecular flexibility index (Phi) is 6.21. The number of hydrogen-bond donors (Lipinski definition) is 1. The average molecular weight is 374 g/mol. The van der Waals surface area contributed by atoms with Crippen molar-refractivity contribution in [3.63, 3.8) is 0 Å². The fraction of sp³-hybridized carbons (Fsp3) is 0.133. The number of aromatic nitrogens is 1. The van der Waals surface area contributed by atoms with Crippen LogP contribution in [0.4, 0.5) is 5.69 Å². The number of esters is 1. The molecule has 5 nitrogen and oxygen atoms in total. The molecule has 0 atom stereocenters. The molecule has 0 unspecified atom stereocenters. The molecule has 1 N–H and O–H groups in total. The first-order valence-corrected chi connectivity index (χ1v) is 7.59. The van der Waals surface area contributed by atoms with Crippen LogP contribution in [0.25, 0.3) is 0 Å². The number of amides is 1. The van der Waals surface area contributed by atoms with E-state index in [2.05, 4.69) is 10.3 Å². The van der Waals surface area contributed by atoms with Gasteiger partial charge in [-0.2, -0.15) is 0 Å². The Hall–Kier alpha value is -1.82. The molecule has 1 aromatic carbocycles. The van der Waals surface area contributed by atoms with E-state index in [9.17, 15) is 9.59 Å². The molecule has 1 aromatic heterocycles. The molecule has 8 heteroatoms. The summed E-state index contributed by atoms with van der Waals surface area (Å²) in [5.74, 6) is -1.15. The van der Waals surface area contributed by atoms with Crippen LogP contribution in [0, 0.1) is 0 Å². The number of benzene rings is 1. The minimum Gasteiger partial charge on any atom is -0.455 e. The van der Waals surface area contributed by atoms with E-state index in [0.29, 0.717) is 21.3 Å². The maximum atomic E-state index is 11.8. The SMILES string of the molecule is O=C(COC(=O)Cc1c(Cl)cccc1Cl)Nc1cccnc1Cl. The van der Waals surface area contributed by atoms with E-state index in [-0.39, 0.29) is 11.6 Å². The van der Waals surface area contributed by atoms with Gasteiger partial charge in [-0.3, -0.25) is 9.59 Å². The van der Waals surface area contributed by atoms with Crippen LogP contribution in [0.3, 0.4) is 0 Å². The molecule has 1 amide bonds. The zero-order chi connectivity index (χ0) is 16.8. The number of rotatable bonds is 5. The maximum Gasteiger partial charge on any atom is 0.310 e. The number of ether oxygens (including phenoxy) is 1. The molecule has 2 aromatic rings. The van der Waals surface area contributed by atoms with Crippen LogP contribution in [0.5, 0.6) is 0 Å². The number of anilines is 1. The van der Waals surface area contributed by atoms with Crippen molar-refractivity contribution in [2.75, 3.05) is 11.9 Å². The second-order valence-corrected chi connectivity index (χ2v) is 5.60. The third-order valence-electron chi connectivity index (χ3n) is 2.78. The van der Waals surface area contributed by atoms with Gasteiger partial charge in [0.2, 0.25) is 0 Å². The largest absolute Gasteiger partial charge is 0.455 e. The zero-order valence-electron chi connectivity index (χ0n) is 11.7. The lowest BCUT2D eigenvalue weighted by atomic mass is 10.1. The summed E-state index contributed by atoms with van der Waals surface area (Å²) in [7, 11) is 0. The van der Waals surface area contributed by atoms with Crippen molar-refractivity contribution in [3.8, 4) is 0 Å². The number of carbonyl (C=O) groups is 2. The van der Waals surface area contributed by atoms with E-state index in [4.69, 9.17) is 39.5 Å². The molecular formula is C15H11Cl3N2O3. The van der Waals surface area contributed by atoms with Gasteiger partial charge >= 0.3 is 5.97 Å². The Labute approximate surface area is 147 Å². The monoisotopic (exact) mass is 372 g/mol. The summed E-state index contributed by atoms with van der Waals surface area (Å²) >= 11 is 17.7. The summed E-state index contributed by atoms with van der Waals surface area (Å²) in [4.78, 5) is 27.3. The Bertz CT molecular complexity index is 717. The highest BCUT2D eigenvalue weighted by molar-refractivity contribution is 6.36. The molecular weight excluding hydrogens is 363 g/mol. The number of halogens is 3. The van der Waals surface area contributed by atoms with Gasteiger partial charge in [0.25, 0.3) is 5.91 Å². The van der Waals surface area contributed by atoms with Gasteiger partial charge in [-0.1, -0.05) is 40.9 Å². The van der Waals surface area contributed by atoms with Gasteiger partial charge < -0.3 is 10.1 Å². The zero-order valence-corrected chi connectivity index (χ0v) is 14.0. The molecule has 0 spiro atoms. The summed E-state index contributed by atoms with van der Waals surface area (Å²) in [5.41, 5.74) is 0.793. The molecule has 0 aliphatic heterocycles. The average Bonchev–Trinajstić information content (AvgIpc) is 2.51. The summed E-state index contributed by atoms with van der Waals surface area (Å²) in [6.45, 7) is -0.452. The minimum atomic E-state index is -0.618. The lowest BCUT2D eigenvalue weighted by Gasteiger charge is -2.09. The molecule has 0 aliphatic rings. The highest BCUT2D eigenvalue weighted by Gasteiger charge is 2.14. The second kappa shape index (κ2) is 8.15. The summed E-state index contributed by atoms with van der Waals surface area (Å²) < 4.78 is 4.90. The Morgan fingerprint density at radius 1 is 1.09 bits per heavy atom. The number of nitrogens with zero attached hydrogens (tertiary/aromatic N) is 1. The first-order chi connectivity index (χ1) is 11.0. The van der Waals surface area contributed by atoms with E-state index in [1.165, 1.54) is 6.20 Å². The van der Waals surface area contributed by atoms with Crippen molar-refractivity contribution < 1.29 is 14.3 Å². The third-order valence-corrected chi connectivity index (χ3v) is 3.79. The molecule has 0 bridgehead atoms. The van der Waals surface area contributed by atoms with Gasteiger partial charge in [0.15, 0.2) is 11.8 Å². The third kappa shape index (κ3) is 5.10. The maximum absolute atomic E-state index is 11.8. The molecule has 0 fully saturated rings. The predicted molar refractivity (Wildman–Crippen MR) is 89.0 cm³/mol. The quantitative estimate of drug-likeness (QED) is 0.640. The first kappa shape index (κ1) is 17.5. The molecule has 120 valence electrons. The first-order valence-electron chi connectivity index (χ1n) is 6.46. The second-order valence-electron chi connectivity index (χ2n) is 4.43. The topological polar surface area (TPSA) is 68.3 Å².